The topological polar surface area (TPSA) is 104 Å². The summed E-state index contributed by atoms with van der Waals surface area (Å²) in [6, 6.07) is 4.99. The molecular weight excluding hydrogens is 746 g/mol. The summed E-state index contributed by atoms with van der Waals surface area (Å²) in [5.41, 5.74) is 12.8. The number of aromatic nitrogens is 2. The Morgan fingerprint density at radius 2 is 1.62 bits per heavy atom. The van der Waals surface area contributed by atoms with Gasteiger partial charge in [-0.3, -0.25) is 4.79 Å². The van der Waals surface area contributed by atoms with Gasteiger partial charge in [0, 0.05) is 12.0 Å². The highest BCUT2D eigenvalue weighted by atomic mass is 19.4. The maximum atomic E-state index is 14.0. The van der Waals surface area contributed by atoms with Gasteiger partial charge in [0.25, 0.3) is 0 Å². The van der Waals surface area contributed by atoms with Crippen LogP contribution in [0.4, 0.5) is 13.2 Å². The molecule has 6 rings (SSSR count). The third-order valence-electron chi connectivity index (χ3n) is 11.7. The molecule has 0 unspecified atom stereocenters. The molecule has 0 aliphatic carbocycles. The highest BCUT2D eigenvalue weighted by Crippen LogP contribution is 2.39. The van der Waals surface area contributed by atoms with Crippen molar-refractivity contribution in [1.82, 2.24) is 9.35 Å². The summed E-state index contributed by atoms with van der Waals surface area (Å²) in [5, 5.41) is 0.947. The van der Waals surface area contributed by atoms with Crippen LogP contribution in [0.5, 0.6) is 0 Å². The van der Waals surface area contributed by atoms with Gasteiger partial charge in [0.15, 0.2) is 0 Å². The lowest BCUT2D eigenvalue weighted by molar-refractivity contribution is -0.139. The van der Waals surface area contributed by atoms with Gasteiger partial charge in [-0.05, 0) is 129 Å². The van der Waals surface area contributed by atoms with E-state index in [9.17, 15) is 27.6 Å². The minimum Gasteiger partial charge on any atom is -0.469 e. The summed E-state index contributed by atoms with van der Waals surface area (Å²) in [7, 11) is 2.61. The molecule has 12 heteroatoms. The number of hydrogen-bond acceptors (Lipinski definition) is 7. The second-order valence-electron chi connectivity index (χ2n) is 15.2. The predicted octanol–water partition coefficient (Wildman–Crippen LogP) is 8.51. The van der Waals surface area contributed by atoms with E-state index in [0.29, 0.717) is 57.2 Å². The van der Waals surface area contributed by atoms with Crippen molar-refractivity contribution in [1.29, 1.82) is 0 Å². The van der Waals surface area contributed by atoms with Crippen molar-refractivity contribution in [3.8, 4) is 0 Å². The summed E-state index contributed by atoms with van der Waals surface area (Å²) in [6.45, 7) is 18.1. The third-order valence-corrected chi connectivity index (χ3v) is 11.7. The van der Waals surface area contributed by atoms with Gasteiger partial charge in [-0.2, -0.15) is 13.2 Å². The van der Waals surface area contributed by atoms with Crippen LogP contribution in [0.25, 0.3) is 36.0 Å². The number of carbonyl (C=O) groups is 3. The number of rotatable bonds is 9. The van der Waals surface area contributed by atoms with Crippen LogP contribution >= 0.6 is 0 Å². The van der Waals surface area contributed by atoms with Gasteiger partial charge in [0.2, 0.25) is 0 Å². The normalized spacial score (nSPS) is 21.2. The summed E-state index contributed by atoms with van der Waals surface area (Å²) in [4.78, 5) is 45.0. The number of ether oxygens (including phenoxy) is 2. The third kappa shape index (κ3) is 7.59. The van der Waals surface area contributed by atoms with Gasteiger partial charge < -0.3 is 14.3 Å². The lowest BCUT2D eigenvalue weighted by atomic mass is 9.76. The Hall–Kier alpha value is -5.91. The SMILES string of the molecule is C=C1/C(CC(=O)OC)=c2/c(C(=O)OC)c(C)/c3n2Nn2c(c(/C=C/c4ccc(C(F)(F)F)cc4)c(C)c2/C=C(\C)[C@@H](C)[C@@H]1CCC(C)=O)/C=C1N=C(/C=3)C(CC)=C\1C. The van der Waals surface area contributed by atoms with Crippen molar-refractivity contribution in [2.75, 3.05) is 19.8 Å². The van der Waals surface area contributed by atoms with Gasteiger partial charge in [0.1, 0.15) is 5.78 Å². The van der Waals surface area contributed by atoms with E-state index in [4.69, 9.17) is 14.5 Å². The molecule has 0 radical (unpaired) electrons. The Bertz CT molecular complexity index is 2540. The smallest absolute Gasteiger partial charge is 0.416 e. The number of carbonyl (C=O) groups excluding carboxylic acids is 3. The predicted molar refractivity (Wildman–Crippen MR) is 222 cm³/mol. The molecule has 1 N–H and O–H groups in total. The number of esters is 2. The van der Waals surface area contributed by atoms with Gasteiger partial charge >= 0.3 is 18.1 Å². The number of nitrogens with one attached hydrogen (secondary N) is 1. The fourth-order valence-electron chi connectivity index (χ4n) is 8.20. The van der Waals surface area contributed by atoms with E-state index < -0.39 is 23.7 Å². The Morgan fingerprint density at radius 1 is 0.931 bits per heavy atom. The molecule has 58 heavy (non-hydrogen) atoms. The van der Waals surface area contributed by atoms with Crippen LogP contribution in [-0.2, 0) is 25.2 Å². The molecule has 3 aliphatic heterocycles. The molecule has 3 aromatic rings. The molecule has 2 atom stereocenters. The number of methoxy groups -OCH3 is 2. The second-order valence-corrected chi connectivity index (χ2v) is 15.2. The van der Waals surface area contributed by atoms with E-state index in [1.54, 1.807) is 17.7 Å². The summed E-state index contributed by atoms with van der Waals surface area (Å²) >= 11 is 0. The number of allylic oxidation sites excluding steroid dienone is 4. The first-order valence-corrected chi connectivity index (χ1v) is 19.3. The van der Waals surface area contributed by atoms with Crippen LogP contribution in [0, 0.1) is 25.7 Å². The number of benzene rings is 1. The Kier molecular flexibility index (Phi) is 11.6. The number of fused-ring (bicyclic) bond motifs is 1. The number of nitrogens with zero attached hydrogens (tertiary/aromatic N) is 3. The molecule has 0 fully saturated rings. The van der Waals surface area contributed by atoms with Gasteiger partial charge in [0.05, 0.1) is 65.3 Å². The first-order chi connectivity index (χ1) is 27.4. The van der Waals surface area contributed by atoms with Crippen LogP contribution in [0.15, 0.2) is 63.8 Å². The number of alkyl halides is 3. The number of halogens is 3. The van der Waals surface area contributed by atoms with E-state index in [-0.39, 0.29) is 36.0 Å². The molecule has 304 valence electrons. The monoisotopic (exact) mass is 794 g/mol. The zero-order valence-electron chi connectivity index (χ0n) is 34.4. The second kappa shape index (κ2) is 16.2. The standard InChI is InChI=1S/C46H49F3N4O5/c1-11-33-28(6)37-22-41-35(19-15-31-13-16-32(17-14-31)46(47,48)49)29(7)39-20-24(2)26(4)34(18-12-25(3)54)27(5)36(21-42(55)57-9)44-43(45(56)58-10)30(8)40(23-38(33)50-37)53(44)51-52(39)41/h13-17,19-20,22-23,26,34,51H,5,11-12,18,21H2,1-4,6-10H3/b19-15+,24-20+,37-22-,40-23+,44-36-/t26-,34+/m1/s1. The van der Waals surface area contributed by atoms with E-state index in [2.05, 4.69) is 32.0 Å². The summed E-state index contributed by atoms with van der Waals surface area (Å²) in [5.74, 6) is -1.69. The first kappa shape index (κ1) is 41.7. The minimum atomic E-state index is -4.46. The van der Waals surface area contributed by atoms with Crippen LogP contribution in [0.2, 0.25) is 0 Å². The molecule has 2 aromatic heterocycles. The highest BCUT2D eigenvalue weighted by Gasteiger charge is 2.33. The number of Topliss-reactive ketones (excluding diaryl/α,β-unsaturated/α-hetero) is 1. The minimum absolute atomic E-state index is 0.00894. The Balaban J connectivity index is 1.81. The zero-order chi connectivity index (χ0) is 42.4. The van der Waals surface area contributed by atoms with Crippen LogP contribution in [-0.4, -0.2) is 47.0 Å². The fourth-order valence-corrected chi connectivity index (χ4v) is 8.20. The van der Waals surface area contributed by atoms with Crippen molar-refractivity contribution in [3.63, 3.8) is 0 Å². The van der Waals surface area contributed by atoms with E-state index in [1.165, 1.54) is 26.4 Å². The molecular formula is C46H49F3N4O5. The Labute approximate surface area is 336 Å². The molecule has 5 heterocycles. The molecule has 1 aromatic carbocycles. The van der Waals surface area contributed by atoms with Gasteiger partial charge in [-0.15, -0.1) is 0 Å². The quantitative estimate of drug-likeness (QED) is 0.218. The number of ketones is 1. The lowest BCUT2D eigenvalue weighted by Gasteiger charge is -2.28. The summed E-state index contributed by atoms with van der Waals surface area (Å²) in [6.07, 6.45) is 6.35. The van der Waals surface area contributed by atoms with E-state index in [0.717, 1.165) is 51.4 Å². The number of hydrogen-bond donors (Lipinski definition) is 1. The number of aliphatic imine (C=N–C) groups is 1. The molecule has 4 bridgehead atoms. The van der Waals surface area contributed by atoms with Crippen molar-refractivity contribution >= 4 is 59.4 Å². The molecule has 0 saturated heterocycles. The largest absolute Gasteiger partial charge is 0.469 e. The zero-order valence-corrected chi connectivity index (χ0v) is 34.4. The maximum absolute atomic E-state index is 14.0. The maximum Gasteiger partial charge on any atom is 0.416 e. The van der Waals surface area contributed by atoms with Crippen LogP contribution in [0.1, 0.15) is 110 Å². The molecule has 9 nitrogen and oxygen atoms in total. The van der Waals surface area contributed by atoms with Crippen molar-refractivity contribution in [2.24, 2.45) is 16.8 Å². The van der Waals surface area contributed by atoms with Crippen molar-refractivity contribution in [3.05, 3.63) is 114 Å². The lowest BCUT2D eigenvalue weighted by Crippen LogP contribution is -2.42. The Morgan fingerprint density at radius 3 is 2.22 bits per heavy atom. The fraction of sp³-hybridized carbons (Fsp3) is 0.348. The summed E-state index contributed by atoms with van der Waals surface area (Å²) < 4.78 is 54.6. The molecule has 0 spiro atoms. The molecule has 0 saturated carbocycles. The van der Waals surface area contributed by atoms with Crippen molar-refractivity contribution in [2.45, 2.75) is 80.3 Å². The van der Waals surface area contributed by atoms with Gasteiger partial charge in [-0.25, -0.2) is 24.7 Å². The van der Waals surface area contributed by atoms with Crippen LogP contribution < -0.4 is 16.2 Å². The molecule has 0 amide bonds. The van der Waals surface area contributed by atoms with E-state index in [1.807, 2.05) is 50.6 Å². The average Bonchev–Trinajstić information content (AvgIpc) is 3.72. The van der Waals surface area contributed by atoms with Gasteiger partial charge in [-0.1, -0.05) is 50.3 Å². The van der Waals surface area contributed by atoms with E-state index >= 15 is 0 Å². The van der Waals surface area contributed by atoms with Crippen molar-refractivity contribution < 1.29 is 37.0 Å². The van der Waals surface area contributed by atoms with Crippen LogP contribution in [0.3, 0.4) is 0 Å². The highest BCUT2D eigenvalue weighted by molar-refractivity contribution is 6.23. The average molecular weight is 795 g/mol. The first-order valence-electron chi connectivity index (χ1n) is 19.3. The molecule has 3 aliphatic rings.